The van der Waals surface area contributed by atoms with E-state index in [0.717, 1.165) is 0 Å². The number of hydrogen-bond acceptors (Lipinski definition) is 0. The summed E-state index contributed by atoms with van der Waals surface area (Å²) >= 11 is 0. The smallest absolute Gasteiger partial charge is 0.147 e. The summed E-state index contributed by atoms with van der Waals surface area (Å²) in [6.45, 7) is 2.24. The maximum Gasteiger partial charge on any atom is -0.147 e. The number of halogens is 2. The second-order valence-electron chi connectivity index (χ2n) is 6.66. The first-order chi connectivity index (χ1) is 12.8. The number of hydrogen-bond donors (Lipinski definition) is 0. The Balaban J connectivity index is 0.00000140. The van der Waals surface area contributed by atoms with E-state index < -0.39 is 7.26 Å². The quantitative estimate of drug-likeness (QED) is 0.393. The van der Waals surface area contributed by atoms with E-state index in [0.29, 0.717) is 0 Å². The largest absolute Gasteiger partial charge is 0.147 e. The van der Waals surface area contributed by atoms with Gasteiger partial charge in [0.15, 0.2) is 0 Å². The van der Waals surface area contributed by atoms with Crippen LogP contribution in [-0.2, 0) is 0 Å². The summed E-state index contributed by atoms with van der Waals surface area (Å²) in [6, 6.07) is 42.0. The van der Waals surface area contributed by atoms with Gasteiger partial charge >= 0.3 is 156 Å². The van der Waals surface area contributed by atoms with Gasteiger partial charge < -0.3 is 0 Å². The molecule has 0 spiro atoms. The Morgan fingerprint density at radius 3 is 1.11 bits per heavy atom. The van der Waals surface area contributed by atoms with E-state index in [4.69, 9.17) is 0 Å². The fraction of sp³-hybridized carbons (Fsp3) is 0.0400. The van der Waals surface area contributed by atoms with Crippen LogP contribution in [0.1, 0.15) is 5.56 Å². The SMILES string of the molecule is Cc1ccccc1[PH](c1ccccc1)(c1ccccc1)c1ccccc1.Cl.Cl. The van der Waals surface area contributed by atoms with Crippen molar-refractivity contribution in [2.75, 3.05) is 0 Å². The monoisotopic (exact) mass is 426 g/mol. The first-order valence-corrected chi connectivity index (χ1v) is 11.1. The second kappa shape index (κ2) is 9.89. The van der Waals surface area contributed by atoms with Gasteiger partial charge in [0.25, 0.3) is 0 Å². The molecule has 0 N–H and O–H groups in total. The molecule has 0 aromatic heterocycles. The van der Waals surface area contributed by atoms with Crippen LogP contribution in [0.4, 0.5) is 0 Å². The predicted molar refractivity (Wildman–Crippen MR) is 132 cm³/mol. The van der Waals surface area contributed by atoms with Gasteiger partial charge in [-0.3, -0.25) is 0 Å². The second-order valence-corrected chi connectivity index (χ2v) is 10.4. The van der Waals surface area contributed by atoms with Crippen LogP contribution < -0.4 is 21.2 Å². The Morgan fingerprint density at radius 1 is 0.429 bits per heavy atom. The van der Waals surface area contributed by atoms with E-state index in [-0.39, 0.29) is 24.8 Å². The van der Waals surface area contributed by atoms with Crippen molar-refractivity contribution < 1.29 is 0 Å². The van der Waals surface area contributed by atoms with E-state index in [2.05, 4.69) is 122 Å². The number of benzene rings is 4. The molecule has 0 fully saturated rings. The first-order valence-electron chi connectivity index (χ1n) is 9.06. The van der Waals surface area contributed by atoms with Crippen LogP contribution in [0.2, 0.25) is 0 Å². The van der Waals surface area contributed by atoms with Gasteiger partial charge in [-0.25, -0.2) is 0 Å². The third-order valence-corrected chi connectivity index (χ3v) is 10.1. The Bertz CT molecular complexity index is 890. The Hall–Kier alpha value is -2.11. The first kappa shape index (κ1) is 22.2. The normalized spacial score (nSPS) is 11.0. The average molecular weight is 427 g/mol. The van der Waals surface area contributed by atoms with E-state index in [1.54, 1.807) is 0 Å². The van der Waals surface area contributed by atoms with Crippen molar-refractivity contribution >= 4 is 53.3 Å². The summed E-state index contributed by atoms with van der Waals surface area (Å²) in [7, 11) is -2.34. The summed E-state index contributed by atoms with van der Waals surface area (Å²) in [5.74, 6) is 0. The summed E-state index contributed by atoms with van der Waals surface area (Å²) in [6.07, 6.45) is 0. The van der Waals surface area contributed by atoms with Gasteiger partial charge in [0, 0.05) is 0 Å². The predicted octanol–water partition coefficient (Wildman–Crippen LogP) is 5.19. The molecular weight excluding hydrogens is 402 g/mol. The minimum Gasteiger partial charge on any atom is -0.147 e. The summed E-state index contributed by atoms with van der Waals surface area (Å²) in [5, 5.41) is 5.73. The van der Waals surface area contributed by atoms with Crippen molar-refractivity contribution in [2.45, 2.75) is 6.92 Å². The maximum absolute atomic E-state index is 2.34. The third-order valence-electron chi connectivity index (χ3n) is 5.17. The Morgan fingerprint density at radius 2 is 0.750 bits per heavy atom. The molecule has 0 unspecified atom stereocenters. The molecule has 0 heterocycles. The van der Waals surface area contributed by atoms with Gasteiger partial charge in [-0.05, 0) is 0 Å². The van der Waals surface area contributed by atoms with E-state index in [1.807, 2.05) is 0 Å². The molecule has 0 atom stereocenters. The van der Waals surface area contributed by atoms with Crippen molar-refractivity contribution in [1.82, 2.24) is 0 Å². The van der Waals surface area contributed by atoms with Gasteiger partial charge in [0.1, 0.15) is 0 Å². The molecule has 0 radical (unpaired) electrons. The molecule has 28 heavy (non-hydrogen) atoms. The molecular formula is C25H25Cl2P. The molecule has 0 aliphatic carbocycles. The molecule has 0 saturated carbocycles. The van der Waals surface area contributed by atoms with Gasteiger partial charge in [0.05, 0.1) is 0 Å². The van der Waals surface area contributed by atoms with Crippen LogP contribution in [0.5, 0.6) is 0 Å². The fourth-order valence-electron chi connectivity index (χ4n) is 4.02. The van der Waals surface area contributed by atoms with E-state index in [9.17, 15) is 0 Å². The van der Waals surface area contributed by atoms with Crippen LogP contribution in [0.15, 0.2) is 115 Å². The van der Waals surface area contributed by atoms with Crippen LogP contribution >= 0.6 is 32.1 Å². The van der Waals surface area contributed by atoms with E-state index >= 15 is 0 Å². The van der Waals surface area contributed by atoms with Crippen molar-refractivity contribution in [1.29, 1.82) is 0 Å². The number of rotatable bonds is 4. The van der Waals surface area contributed by atoms with Gasteiger partial charge in [-0.15, -0.1) is 24.8 Å². The van der Waals surface area contributed by atoms with Crippen molar-refractivity contribution in [2.24, 2.45) is 0 Å². The summed E-state index contributed by atoms with van der Waals surface area (Å²) in [5.41, 5.74) is 1.36. The van der Waals surface area contributed by atoms with Crippen LogP contribution in [0.3, 0.4) is 0 Å². The molecule has 3 heteroatoms. The van der Waals surface area contributed by atoms with Crippen molar-refractivity contribution in [3.63, 3.8) is 0 Å². The molecule has 144 valence electrons. The third kappa shape index (κ3) is 3.87. The Labute approximate surface area is 180 Å². The van der Waals surface area contributed by atoms with Crippen LogP contribution in [0.25, 0.3) is 0 Å². The zero-order valence-corrected chi connectivity index (χ0v) is 18.4. The van der Waals surface area contributed by atoms with Gasteiger partial charge in [0.2, 0.25) is 0 Å². The van der Waals surface area contributed by atoms with Crippen molar-refractivity contribution in [3.05, 3.63) is 121 Å². The molecule has 0 amide bonds. The minimum atomic E-state index is -2.34. The molecule has 4 aromatic carbocycles. The standard InChI is InChI=1S/C25H23P.2ClH/c1-21-13-11-12-20-25(21)26(22-14-5-2-6-15-22,23-16-7-3-8-17-23)24-18-9-4-10-19-24;;/h2-20,26H,1H3;2*1H. The van der Waals surface area contributed by atoms with Gasteiger partial charge in [-0.2, -0.15) is 0 Å². The summed E-state index contributed by atoms with van der Waals surface area (Å²) < 4.78 is 0. The number of aryl methyl sites for hydroxylation is 1. The maximum atomic E-state index is 2.33. The minimum absolute atomic E-state index is 0. The van der Waals surface area contributed by atoms with Crippen molar-refractivity contribution in [3.8, 4) is 0 Å². The fourth-order valence-corrected chi connectivity index (χ4v) is 9.06. The zero-order chi connectivity index (χ0) is 17.8. The molecule has 4 rings (SSSR count). The topological polar surface area (TPSA) is 0 Å². The molecule has 0 aliphatic heterocycles. The molecule has 4 aromatic rings. The van der Waals surface area contributed by atoms with Gasteiger partial charge in [-0.1, -0.05) is 0 Å². The zero-order valence-electron chi connectivity index (χ0n) is 15.8. The Kier molecular flexibility index (Phi) is 7.84. The molecule has 0 bridgehead atoms. The molecule has 0 nitrogen and oxygen atoms in total. The molecule has 0 saturated heterocycles. The van der Waals surface area contributed by atoms with Crippen LogP contribution in [-0.4, -0.2) is 0 Å². The summed E-state index contributed by atoms with van der Waals surface area (Å²) in [4.78, 5) is 0. The van der Waals surface area contributed by atoms with Crippen LogP contribution in [0, 0.1) is 6.92 Å². The van der Waals surface area contributed by atoms with E-state index in [1.165, 1.54) is 26.8 Å². The molecule has 0 aliphatic rings. The average Bonchev–Trinajstić information content (AvgIpc) is 2.72.